The van der Waals surface area contributed by atoms with Crippen LogP contribution in [0.25, 0.3) is 0 Å². The Bertz CT molecular complexity index is 346. The molecule has 1 rings (SSSR count). The normalized spacial score (nSPS) is 17.6. The van der Waals surface area contributed by atoms with E-state index in [1.807, 2.05) is 0 Å². The molecule has 0 unspecified atom stereocenters. The average molecular weight is 263 g/mol. The minimum absolute atomic E-state index is 0.0229. The van der Waals surface area contributed by atoms with Crippen molar-refractivity contribution in [2.24, 2.45) is 0 Å². The molecule has 0 N–H and O–H groups in total. The van der Waals surface area contributed by atoms with Crippen LogP contribution in [0.4, 0.5) is 0 Å². The Hall–Kier alpha value is -0.620. The summed E-state index contributed by atoms with van der Waals surface area (Å²) in [4.78, 5) is 10.9. The van der Waals surface area contributed by atoms with E-state index in [2.05, 4.69) is 4.74 Å². The Labute approximate surface area is 103 Å². The van der Waals surface area contributed by atoms with Gasteiger partial charge in [-0.05, 0) is 19.3 Å². The van der Waals surface area contributed by atoms with Gasteiger partial charge in [0.05, 0.1) is 12.9 Å². The van der Waals surface area contributed by atoms with Crippen LogP contribution in [0.2, 0.25) is 0 Å². The van der Waals surface area contributed by atoms with Crippen LogP contribution in [0.15, 0.2) is 0 Å². The van der Waals surface area contributed by atoms with Gasteiger partial charge in [0.15, 0.2) is 0 Å². The first-order chi connectivity index (χ1) is 7.97. The van der Waals surface area contributed by atoms with Crippen molar-refractivity contribution in [2.75, 3.05) is 19.9 Å². The Kier molecular flexibility index (Phi) is 5.39. The zero-order valence-corrected chi connectivity index (χ0v) is 11.3. The predicted octanol–water partition coefficient (Wildman–Crippen LogP) is 1.14. The molecule has 0 heterocycles. The number of ether oxygens (including phenoxy) is 1. The van der Waals surface area contributed by atoms with E-state index < -0.39 is 10.0 Å². The molecular formula is C11H21NO4S. The van der Waals surface area contributed by atoms with E-state index in [0.29, 0.717) is 6.42 Å². The Balaban J connectivity index is 2.41. The summed E-state index contributed by atoms with van der Waals surface area (Å²) >= 11 is 0. The summed E-state index contributed by atoms with van der Waals surface area (Å²) in [6.45, 7) is 0. The van der Waals surface area contributed by atoms with Crippen molar-refractivity contribution in [1.82, 2.24) is 4.31 Å². The third kappa shape index (κ3) is 4.27. The van der Waals surface area contributed by atoms with Gasteiger partial charge in [-0.1, -0.05) is 12.8 Å². The zero-order valence-electron chi connectivity index (χ0n) is 10.5. The van der Waals surface area contributed by atoms with Crippen LogP contribution in [0.5, 0.6) is 0 Å². The van der Waals surface area contributed by atoms with Gasteiger partial charge >= 0.3 is 5.97 Å². The fraction of sp³-hybridized carbons (Fsp3) is 0.909. The highest BCUT2D eigenvalue weighted by Gasteiger charge is 2.28. The van der Waals surface area contributed by atoms with Crippen LogP contribution in [-0.4, -0.2) is 44.6 Å². The molecule has 0 aromatic carbocycles. The quantitative estimate of drug-likeness (QED) is 0.674. The number of carbonyl (C=O) groups excluding carboxylic acids is 1. The summed E-state index contributed by atoms with van der Waals surface area (Å²) in [5.74, 6) is -0.335. The van der Waals surface area contributed by atoms with Crippen molar-refractivity contribution < 1.29 is 17.9 Å². The molecule has 6 heteroatoms. The van der Waals surface area contributed by atoms with E-state index >= 15 is 0 Å². The van der Waals surface area contributed by atoms with Crippen LogP contribution < -0.4 is 0 Å². The Morgan fingerprint density at radius 3 is 2.47 bits per heavy atom. The molecule has 100 valence electrons. The molecular weight excluding hydrogens is 242 g/mol. The highest BCUT2D eigenvalue weighted by Crippen LogP contribution is 2.24. The smallest absolute Gasteiger partial charge is 0.305 e. The monoisotopic (exact) mass is 263 g/mol. The lowest BCUT2D eigenvalue weighted by molar-refractivity contribution is -0.140. The maximum Gasteiger partial charge on any atom is 0.305 e. The van der Waals surface area contributed by atoms with Crippen molar-refractivity contribution in [3.05, 3.63) is 0 Å². The van der Waals surface area contributed by atoms with Gasteiger partial charge in [0, 0.05) is 19.5 Å². The standard InChI is InChI=1S/C11H21NO4S/c1-12(10-6-3-4-7-10)17(14,15)9-5-8-11(13)16-2/h10H,3-9H2,1-2H3. The minimum Gasteiger partial charge on any atom is -0.469 e. The Morgan fingerprint density at radius 1 is 1.35 bits per heavy atom. The lowest BCUT2D eigenvalue weighted by atomic mass is 10.3. The molecule has 0 bridgehead atoms. The molecule has 0 atom stereocenters. The van der Waals surface area contributed by atoms with Crippen molar-refractivity contribution in [2.45, 2.75) is 44.6 Å². The highest BCUT2D eigenvalue weighted by molar-refractivity contribution is 7.89. The number of hydrogen-bond donors (Lipinski definition) is 0. The second kappa shape index (κ2) is 6.35. The van der Waals surface area contributed by atoms with Crippen molar-refractivity contribution in [3.63, 3.8) is 0 Å². The molecule has 0 aromatic rings. The van der Waals surface area contributed by atoms with Gasteiger partial charge in [-0.25, -0.2) is 12.7 Å². The number of sulfonamides is 1. The van der Waals surface area contributed by atoms with Crippen LogP contribution in [-0.2, 0) is 19.6 Å². The van der Waals surface area contributed by atoms with Gasteiger partial charge in [0.2, 0.25) is 10.0 Å². The lowest BCUT2D eigenvalue weighted by Crippen LogP contribution is -2.36. The third-order valence-electron chi connectivity index (χ3n) is 3.29. The van der Waals surface area contributed by atoms with Gasteiger partial charge in [-0.15, -0.1) is 0 Å². The summed E-state index contributed by atoms with van der Waals surface area (Å²) < 4.78 is 29.9. The van der Waals surface area contributed by atoms with Gasteiger partial charge < -0.3 is 4.74 Å². The van der Waals surface area contributed by atoms with E-state index in [4.69, 9.17) is 0 Å². The first-order valence-electron chi connectivity index (χ1n) is 6.00. The second-order valence-electron chi connectivity index (χ2n) is 4.45. The first-order valence-corrected chi connectivity index (χ1v) is 7.61. The van der Waals surface area contributed by atoms with Crippen molar-refractivity contribution in [1.29, 1.82) is 0 Å². The molecule has 17 heavy (non-hydrogen) atoms. The van der Waals surface area contributed by atoms with E-state index in [1.54, 1.807) is 7.05 Å². The minimum atomic E-state index is -3.22. The summed E-state index contributed by atoms with van der Waals surface area (Å²) in [6, 6.07) is 0.151. The zero-order chi connectivity index (χ0) is 12.9. The number of esters is 1. The van der Waals surface area contributed by atoms with E-state index in [9.17, 15) is 13.2 Å². The molecule has 0 aliphatic heterocycles. The van der Waals surface area contributed by atoms with E-state index in [-0.39, 0.29) is 24.2 Å². The molecule has 0 saturated heterocycles. The van der Waals surface area contributed by atoms with Crippen LogP contribution in [0, 0.1) is 0 Å². The SMILES string of the molecule is COC(=O)CCCS(=O)(=O)N(C)C1CCCC1. The first kappa shape index (κ1) is 14.4. The van der Waals surface area contributed by atoms with Crippen molar-refractivity contribution in [3.8, 4) is 0 Å². The largest absolute Gasteiger partial charge is 0.469 e. The summed E-state index contributed by atoms with van der Waals surface area (Å²) in [5.41, 5.74) is 0. The fourth-order valence-electron chi connectivity index (χ4n) is 2.14. The molecule has 0 spiro atoms. The molecule has 0 amide bonds. The van der Waals surface area contributed by atoms with E-state index in [1.165, 1.54) is 11.4 Å². The molecule has 1 aliphatic carbocycles. The number of nitrogens with zero attached hydrogens (tertiary/aromatic N) is 1. The van der Waals surface area contributed by atoms with Gasteiger partial charge in [0.1, 0.15) is 0 Å². The van der Waals surface area contributed by atoms with Gasteiger partial charge in [0.25, 0.3) is 0 Å². The topological polar surface area (TPSA) is 63.7 Å². The fourth-order valence-corrected chi connectivity index (χ4v) is 3.60. The molecule has 1 saturated carbocycles. The number of methoxy groups -OCH3 is 1. The molecule has 1 fully saturated rings. The summed E-state index contributed by atoms with van der Waals surface area (Å²) in [5, 5.41) is 0. The predicted molar refractivity (Wildman–Crippen MR) is 65.1 cm³/mol. The number of hydrogen-bond acceptors (Lipinski definition) is 4. The average Bonchev–Trinajstić information content (AvgIpc) is 2.80. The van der Waals surface area contributed by atoms with Crippen molar-refractivity contribution >= 4 is 16.0 Å². The lowest BCUT2D eigenvalue weighted by Gasteiger charge is -2.23. The maximum atomic E-state index is 12.0. The molecule has 0 radical (unpaired) electrons. The Morgan fingerprint density at radius 2 is 1.94 bits per heavy atom. The number of rotatable bonds is 6. The van der Waals surface area contributed by atoms with E-state index in [0.717, 1.165) is 25.7 Å². The summed E-state index contributed by atoms with van der Waals surface area (Å²) in [6.07, 6.45) is 4.60. The molecule has 5 nitrogen and oxygen atoms in total. The van der Waals surface area contributed by atoms with Crippen LogP contribution >= 0.6 is 0 Å². The highest BCUT2D eigenvalue weighted by atomic mass is 32.2. The van der Waals surface area contributed by atoms with Gasteiger partial charge in [-0.3, -0.25) is 4.79 Å². The maximum absolute atomic E-state index is 12.0. The molecule has 0 aromatic heterocycles. The van der Waals surface area contributed by atoms with Crippen LogP contribution in [0.3, 0.4) is 0 Å². The second-order valence-corrected chi connectivity index (χ2v) is 6.60. The third-order valence-corrected chi connectivity index (χ3v) is 5.27. The molecule has 1 aliphatic rings. The van der Waals surface area contributed by atoms with Gasteiger partial charge in [-0.2, -0.15) is 0 Å². The summed E-state index contributed by atoms with van der Waals surface area (Å²) in [7, 11) is -0.273. The van der Waals surface area contributed by atoms with Crippen LogP contribution in [0.1, 0.15) is 38.5 Å². The number of carbonyl (C=O) groups is 1.